The molecule has 23 heavy (non-hydrogen) atoms. The summed E-state index contributed by atoms with van der Waals surface area (Å²) in [5.74, 6) is -0.225. The molecule has 1 heterocycles. The SMILES string of the molecule is CC(C)(C)NC(=O)C1c2ccccc2C(=O)N1CCCCCO. The van der Waals surface area contributed by atoms with E-state index < -0.39 is 6.04 Å². The molecule has 0 spiro atoms. The minimum absolute atomic E-state index is 0.0846. The molecular weight excluding hydrogens is 292 g/mol. The summed E-state index contributed by atoms with van der Waals surface area (Å²) in [6.45, 7) is 6.47. The summed E-state index contributed by atoms with van der Waals surface area (Å²) in [4.78, 5) is 27.0. The van der Waals surface area contributed by atoms with Crippen LogP contribution in [0.4, 0.5) is 0 Å². The van der Waals surface area contributed by atoms with Gasteiger partial charge in [-0.1, -0.05) is 18.2 Å². The lowest BCUT2D eigenvalue weighted by Crippen LogP contribution is -2.47. The van der Waals surface area contributed by atoms with Crippen LogP contribution in [0.25, 0.3) is 0 Å². The monoisotopic (exact) mass is 318 g/mol. The van der Waals surface area contributed by atoms with Crippen molar-refractivity contribution in [2.75, 3.05) is 13.2 Å². The molecule has 1 aromatic rings. The van der Waals surface area contributed by atoms with E-state index in [1.807, 2.05) is 39.0 Å². The lowest BCUT2D eigenvalue weighted by Gasteiger charge is -2.28. The highest BCUT2D eigenvalue weighted by atomic mass is 16.3. The maximum Gasteiger partial charge on any atom is 0.255 e. The summed E-state index contributed by atoms with van der Waals surface area (Å²) in [6.07, 6.45) is 2.33. The molecule has 0 radical (unpaired) electrons. The van der Waals surface area contributed by atoms with Gasteiger partial charge in [-0.2, -0.15) is 0 Å². The Morgan fingerprint density at radius 3 is 2.57 bits per heavy atom. The number of amides is 2. The van der Waals surface area contributed by atoms with E-state index in [4.69, 9.17) is 5.11 Å². The van der Waals surface area contributed by atoms with Crippen LogP contribution in [0.3, 0.4) is 0 Å². The standard InChI is InChI=1S/C18H26N2O3/c1-18(2,3)19-16(22)15-13-9-5-6-10-14(13)17(23)20(15)11-7-4-8-12-21/h5-6,9-10,15,21H,4,7-8,11-12H2,1-3H3,(H,19,22). The van der Waals surface area contributed by atoms with Crippen LogP contribution in [-0.4, -0.2) is 40.5 Å². The van der Waals surface area contributed by atoms with Gasteiger partial charge in [0.25, 0.3) is 5.91 Å². The highest BCUT2D eigenvalue weighted by Crippen LogP contribution is 2.34. The van der Waals surface area contributed by atoms with E-state index in [0.29, 0.717) is 18.5 Å². The van der Waals surface area contributed by atoms with Crippen molar-refractivity contribution < 1.29 is 14.7 Å². The third-order valence-electron chi connectivity index (χ3n) is 3.86. The third-order valence-corrected chi connectivity index (χ3v) is 3.86. The number of aliphatic hydroxyl groups excluding tert-OH is 1. The van der Waals surface area contributed by atoms with E-state index in [0.717, 1.165) is 18.4 Å². The molecule has 0 saturated carbocycles. The van der Waals surface area contributed by atoms with Gasteiger partial charge in [-0.25, -0.2) is 0 Å². The predicted octanol–water partition coefficient (Wildman–Crippen LogP) is 2.26. The Hall–Kier alpha value is -1.88. The number of hydrogen-bond acceptors (Lipinski definition) is 3. The van der Waals surface area contributed by atoms with Gasteiger partial charge in [0.1, 0.15) is 6.04 Å². The van der Waals surface area contributed by atoms with Crippen LogP contribution < -0.4 is 5.32 Å². The summed E-state index contributed by atoms with van der Waals surface area (Å²) in [7, 11) is 0. The normalized spacial score (nSPS) is 17.3. The summed E-state index contributed by atoms with van der Waals surface area (Å²) in [5.41, 5.74) is 1.05. The minimum atomic E-state index is -0.563. The minimum Gasteiger partial charge on any atom is -0.396 e. The van der Waals surface area contributed by atoms with Gasteiger partial charge in [-0.3, -0.25) is 9.59 Å². The molecule has 1 atom stereocenters. The summed E-state index contributed by atoms with van der Waals surface area (Å²) in [6, 6.07) is 6.76. The molecule has 2 rings (SSSR count). The molecule has 5 heteroatoms. The molecule has 126 valence electrons. The molecule has 0 aliphatic carbocycles. The fourth-order valence-corrected chi connectivity index (χ4v) is 2.89. The molecule has 1 unspecified atom stereocenters. The van der Waals surface area contributed by atoms with Gasteiger partial charge < -0.3 is 15.3 Å². The second-order valence-electron chi connectivity index (χ2n) is 7.01. The zero-order valence-corrected chi connectivity index (χ0v) is 14.1. The van der Waals surface area contributed by atoms with Crippen LogP contribution in [0.1, 0.15) is 62.0 Å². The second kappa shape index (κ2) is 7.13. The van der Waals surface area contributed by atoms with Crippen molar-refractivity contribution in [3.05, 3.63) is 35.4 Å². The molecule has 5 nitrogen and oxygen atoms in total. The second-order valence-corrected chi connectivity index (χ2v) is 7.01. The van der Waals surface area contributed by atoms with E-state index in [1.54, 1.807) is 11.0 Å². The van der Waals surface area contributed by atoms with E-state index in [-0.39, 0.29) is 24.0 Å². The highest BCUT2D eigenvalue weighted by molar-refractivity contribution is 6.04. The molecule has 2 amide bonds. The average Bonchev–Trinajstić information content (AvgIpc) is 2.75. The molecule has 1 aromatic carbocycles. The maximum absolute atomic E-state index is 12.7. The van der Waals surface area contributed by atoms with Crippen LogP contribution in [0, 0.1) is 0 Å². The Morgan fingerprint density at radius 1 is 1.22 bits per heavy atom. The van der Waals surface area contributed by atoms with E-state index >= 15 is 0 Å². The van der Waals surface area contributed by atoms with Crippen molar-refractivity contribution >= 4 is 11.8 Å². The van der Waals surface area contributed by atoms with Gasteiger partial charge in [0.15, 0.2) is 0 Å². The summed E-state index contributed by atoms with van der Waals surface area (Å²) >= 11 is 0. The number of nitrogens with zero attached hydrogens (tertiary/aromatic N) is 1. The fourth-order valence-electron chi connectivity index (χ4n) is 2.89. The number of unbranched alkanes of at least 4 members (excludes halogenated alkanes) is 2. The van der Waals surface area contributed by atoms with Crippen molar-refractivity contribution in [1.82, 2.24) is 10.2 Å². The Morgan fingerprint density at radius 2 is 1.91 bits per heavy atom. The maximum atomic E-state index is 12.7. The zero-order valence-electron chi connectivity index (χ0n) is 14.1. The summed E-state index contributed by atoms with van der Waals surface area (Å²) < 4.78 is 0. The number of benzene rings is 1. The molecule has 0 aromatic heterocycles. The molecule has 0 saturated heterocycles. The Kier molecular flexibility index (Phi) is 5.42. The fraction of sp³-hybridized carbons (Fsp3) is 0.556. The number of rotatable bonds is 6. The molecule has 2 N–H and O–H groups in total. The molecular formula is C18H26N2O3. The number of carbonyl (C=O) groups excluding carboxylic acids is 2. The van der Waals surface area contributed by atoms with E-state index in [9.17, 15) is 9.59 Å². The van der Waals surface area contributed by atoms with Crippen LogP contribution in [0.15, 0.2) is 24.3 Å². The first-order valence-electron chi connectivity index (χ1n) is 8.18. The lowest BCUT2D eigenvalue weighted by molar-refractivity contribution is -0.127. The first-order chi connectivity index (χ1) is 10.8. The van der Waals surface area contributed by atoms with Crippen molar-refractivity contribution in [3.8, 4) is 0 Å². The zero-order chi connectivity index (χ0) is 17.0. The molecule has 1 aliphatic rings. The van der Waals surface area contributed by atoms with Gasteiger partial charge in [0.2, 0.25) is 5.91 Å². The number of carbonyl (C=O) groups is 2. The van der Waals surface area contributed by atoms with E-state index in [2.05, 4.69) is 5.32 Å². The number of fused-ring (bicyclic) bond motifs is 1. The van der Waals surface area contributed by atoms with Crippen LogP contribution in [0.2, 0.25) is 0 Å². The Labute approximate surface area is 137 Å². The average molecular weight is 318 g/mol. The Balaban J connectivity index is 2.21. The number of aliphatic hydroxyl groups is 1. The Bertz CT molecular complexity index is 578. The number of hydrogen-bond donors (Lipinski definition) is 2. The van der Waals surface area contributed by atoms with Crippen molar-refractivity contribution in [1.29, 1.82) is 0 Å². The van der Waals surface area contributed by atoms with Gasteiger partial charge in [-0.05, 0) is 51.7 Å². The van der Waals surface area contributed by atoms with Gasteiger partial charge >= 0.3 is 0 Å². The molecule has 1 aliphatic heterocycles. The third kappa shape index (κ3) is 4.10. The predicted molar refractivity (Wildman–Crippen MR) is 89.1 cm³/mol. The first-order valence-corrected chi connectivity index (χ1v) is 8.18. The molecule has 0 fully saturated rings. The lowest BCUT2D eigenvalue weighted by atomic mass is 10.0. The van der Waals surface area contributed by atoms with E-state index in [1.165, 1.54) is 0 Å². The number of nitrogens with one attached hydrogen (secondary N) is 1. The van der Waals surface area contributed by atoms with Crippen LogP contribution in [-0.2, 0) is 4.79 Å². The first kappa shape index (κ1) is 17.5. The summed E-state index contributed by atoms with van der Waals surface area (Å²) in [5, 5.41) is 11.9. The topological polar surface area (TPSA) is 69.6 Å². The van der Waals surface area contributed by atoms with Gasteiger partial charge in [-0.15, -0.1) is 0 Å². The smallest absolute Gasteiger partial charge is 0.255 e. The molecule has 0 bridgehead atoms. The van der Waals surface area contributed by atoms with Crippen molar-refractivity contribution in [2.45, 2.75) is 51.6 Å². The van der Waals surface area contributed by atoms with Crippen molar-refractivity contribution in [2.24, 2.45) is 0 Å². The van der Waals surface area contributed by atoms with Crippen molar-refractivity contribution in [3.63, 3.8) is 0 Å². The van der Waals surface area contributed by atoms with Crippen LogP contribution >= 0.6 is 0 Å². The highest BCUT2D eigenvalue weighted by Gasteiger charge is 2.41. The quantitative estimate of drug-likeness (QED) is 0.791. The van der Waals surface area contributed by atoms with Crippen LogP contribution in [0.5, 0.6) is 0 Å². The largest absolute Gasteiger partial charge is 0.396 e. The van der Waals surface area contributed by atoms with Gasteiger partial charge in [0.05, 0.1) is 0 Å². The van der Waals surface area contributed by atoms with Gasteiger partial charge in [0, 0.05) is 24.3 Å².